The highest BCUT2D eigenvalue weighted by Crippen LogP contribution is 2.27. The highest BCUT2D eigenvalue weighted by atomic mass is 15.0. The van der Waals surface area contributed by atoms with Crippen molar-refractivity contribution >= 4 is 22.4 Å². The Morgan fingerprint density at radius 2 is 1.73 bits per heavy atom. The molecule has 0 saturated heterocycles. The first kappa shape index (κ1) is 16.2. The molecule has 0 aliphatic rings. The van der Waals surface area contributed by atoms with Crippen LogP contribution in [0.4, 0.5) is 11.6 Å². The van der Waals surface area contributed by atoms with Crippen LogP contribution in [0.5, 0.6) is 0 Å². The summed E-state index contributed by atoms with van der Waals surface area (Å²) >= 11 is 0. The van der Waals surface area contributed by atoms with Crippen molar-refractivity contribution in [3.05, 3.63) is 78.4 Å². The molecule has 0 radical (unpaired) electrons. The smallest absolute Gasteiger partial charge is 0.132 e. The van der Waals surface area contributed by atoms with Gasteiger partial charge in [0, 0.05) is 35.7 Å². The van der Waals surface area contributed by atoms with Gasteiger partial charge in [-0.25, -0.2) is 9.97 Å². The van der Waals surface area contributed by atoms with Crippen molar-refractivity contribution in [1.29, 1.82) is 0 Å². The van der Waals surface area contributed by atoms with Crippen LogP contribution < -0.4 is 5.32 Å². The SMILES string of the molecule is CCc1ccnc(Nc2cc3cc(-c4cnccc4C)ccc3cn2)c1. The van der Waals surface area contributed by atoms with Crippen LogP contribution in [-0.4, -0.2) is 15.0 Å². The lowest BCUT2D eigenvalue weighted by atomic mass is 10.0. The van der Waals surface area contributed by atoms with Crippen LogP contribution in [0.15, 0.2) is 67.3 Å². The standard InChI is InChI=1S/C22H20N4/c1-3-16-7-9-24-21(10-16)26-22-12-19-11-17(4-5-18(19)13-25-22)20-14-23-8-6-15(20)2/h4-14H,3H2,1-2H3,(H,24,25,26). The number of rotatable bonds is 4. The molecule has 4 nitrogen and oxygen atoms in total. The minimum atomic E-state index is 0.790. The fourth-order valence-corrected chi connectivity index (χ4v) is 3.04. The van der Waals surface area contributed by atoms with E-state index in [2.05, 4.69) is 64.4 Å². The summed E-state index contributed by atoms with van der Waals surface area (Å²) in [6, 6.07) is 14.6. The van der Waals surface area contributed by atoms with Gasteiger partial charge < -0.3 is 5.32 Å². The van der Waals surface area contributed by atoms with Crippen LogP contribution in [0.25, 0.3) is 21.9 Å². The second-order valence-electron chi connectivity index (χ2n) is 6.35. The number of hydrogen-bond donors (Lipinski definition) is 1. The molecule has 0 saturated carbocycles. The van der Waals surface area contributed by atoms with Crippen molar-refractivity contribution in [2.75, 3.05) is 5.32 Å². The van der Waals surface area contributed by atoms with E-state index in [1.165, 1.54) is 11.1 Å². The second-order valence-corrected chi connectivity index (χ2v) is 6.35. The number of anilines is 2. The fourth-order valence-electron chi connectivity index (χ4n) is 3.04. The molecule has 4 rings (SSSR count). The minimum absolute atomic E-state index is 0.790. The molecule has 128 valence electrons. The van der Waals surface area contributed by atoms with Gasteiger partial charge in [-0.1, -0.05) is 19.1 Å². The molecule has 0 fully saturated rings. The monoisotopic (exact) mass is 340 g/mol. The molecule has 1 N–H and O–H groups in total. The Kier molecular flexibility index (Phi) is 4.32. The van der Waals surface area contributed by atoms with Gasteiger partial charge >= 0.3 is 0 Å². The van der Waals surface area contributed by atoms with E-state index in [9.17, 15) is 0 Å². The molecular weight excluding hydrogens is 320 g/mol. The summed E-state index contributed by atoms with van der Waals surface area (Å²) in [6.45, 7) is 4.24. The summed E-state index contributed by atoms with van der Waals surface area (Å²) in [5.74, 6) is 1.61. The number of benzene rings is 1. The Morgan fingerprint density at radius 3 is 2.58 bits per heavy atom. The third kappa shape index (κ3) is 3.26. The molecule has 3 aromatic heterocycles. The molecule has 0 bridgehead atoms. The van der Waals surface area contributed by atoms with Crippen LogP contribution in [0.1, 0.15) is 18.1 Å². The van der Waals surface area contributed by atoms with Gasteiger partial charge in [0.2, 0.25) is 0 Å². The number of nitrogens with zero attached hydrogens (tertiary/aromatic N) is 3. The first-order chi connectivity index (χ1) is 12.7. The Bertz CT molecular complexity index is 1070. The van der Waals surface area contributed by atoms with Gasteiger partial charge in [0.1, 0.15) is 11.6 Å². The molecule has 4 heteroatoms. The Hall–Kier alpha value is -3.27. The zero-order valence-electron chi connectivity index (χ0n) is 14.9. The fraction of sp³-hybridized carbons (Fsp3) is 0.136. The van der Waals surface area contributed by atoms with Crippen LogP contribution in [-0.2, 0) is 6.42 Å². The minimum Gasteiger partial charge on any atom is -0.325 e. The van der Waals surface area contributed by atoms with Gasteiger partial charge in [-0.3, -0.25) is 4.98 Å². The number of aryl methyl sites for hydroxylation is 2. The zero-order chi connectivity index (χ0) is 17.9. The summed E-state index contributed by atoms with van der Waals surface area (Å²) < 4.78 is 0. The van der Waals surface area contributed by atoms with Crippen LogP contribution in [0, 0.1) is 6.92 Å². The summed E-state index contributed by atoms with van der Waals surface area (Å²) in [5, 5.41) is 5.55. The van der Waals surface area contributed by atoms with Crippen molar-refractivity contribution in [2.45, 2.75) is 20.3 Å². The highest BCUT2D eigenvalue weighted by Gasteiger charge is 2.05. The number of fused-ring (bicyclic) bond motifs is 1. The number of aromatic nitrogens is 3. The summed E-state index contributed by atoms with van der Waals surface area (Å²) in [5.41, 5.74) is 4.77. The lowest BCUT2D eigenvalue weighted by Gasteiger charge is -2.09. The average Bonchev–Trinajstić information content (AvgIpc) is 2.68. The van der Waals surface area contributed by atoms with Crippen LogP contribution >= 0.6 is 0 Å². The Morgan fingerprint density at radius 1 is 0.846 bits per heavy atom. The van der Waals surface area contributed by atoms with Gasteiger partial charge in [-0.05, 0) is 65.8 Å². The molecule has 0 atom stereocenters. The molecule has 0 aliphatic carbocycles. The maximum Gasteiger partial charge on any atom is 0.132 e. The molecule has 3 heterocycles. The molecule has 0 spiro atoms. The predicted molar refractivity (Wildman–Crippen MR) is 107 cm³/mol. The van der Waals surface area contributed by atoms with Gasteiger partial charge in [0.05, 0.1) is 0 Å². The molecule has 0 amide bonds. The van der Waals surface area contributed by atoms with Crippen molar-refractivity contribution in [3.63, 3.8) is 0 Å². The van der Waals surface area contributed by atoms with Gasteiger partial charge in [-0.15, -0.1) is 0 Å². The lowest BCUT2D eigenvalue weighted by Crippen LogP contribution is -1.97. The van der Waals surface area contributed by atoms with Crippen LogP contribution in [0.3, 0.4) is 0 Å². The maximum absolute atomic E-state index is 4.51. The zero-order valence-corrected chi connectivity index (χ0v) is 14.9. The van der Waals surface area contributed by atoms with Crippen molar-refractivity contribution in [1.82, 2.24) is 15.0 Å². The molecular formula is C22H20N4. The largest absolute Gasteiger partial charge is 0.325 e. The van der Waals surface area contributed by atoms with Gasteiger partial charge in [-0.2, -0.15) is 0 Å². The molecule has 0 unspecified atom stereocenters. The van der Waals surface area contributed by atoms with E-state index >= 15 is 0 Å². The van der Waals surface area contributed by atoms with E-state index < -0.39 is 0 Å². The van der Waals surface area contributed by atoms with Crippen molar-refractivity contribution < 1.29 is 0 Å². The van der Waals surface area contributed by atoms with Crippen molar-refractivity contribution in [2.24, 2.45) is 0 Å². The van der Waals surface area contributed by atoms with Gasteiger partial charge in [0.25, 0.3) is 0 Å². The highest BCUT2D eigenvalue weighted by molar-refractivity contribution is 5.89. The number of pyridine rings is 3. The van der Waals surface area contributed by atoms with E-state index in [0.717, 1.165) is 40.0 Å². The van der Waals surface area contributed by atoms with Crippen molar-refractivity contribution in [3.8, 4) is 11.1 Å². The van der Waals surface area contributed by atoms with Gasteiger partial charge in [0.15, 0.2) is 0 Å². The van der Waals surface area contributed by atoms with E-state index in [1.807, 2.05) is 36.9 Å². The molecule has 0 aliphatic heterocycles. The lowest BCUT2D eigenvalue weighted by molar-refractivity contribution is 1.12. The van der Waals surface area contributed by atoms with E-state index in [0.29, 0.717) is 0 Å². The van der Waals surface area contributed by atoms with E-state index in [1.54, 1.807) is 0 Å². The second kappa shape index (κ2) is 6.92. The quantitative estimate of drug-likeness (QED) is 0.547. The Labute approximate surface area is 153 Å². The normalized spacial score (nSPS) is 10.8. The first-order valence-corrected chi connectivity index (χ1v) is 8.75. The van der Waals surface area contributed by atoms with E-state index in [-0.39, 0.29) is 0 Å². The topological polar surface area (TPSA) is 50.7 Å². The van der Waals surface area contributed by atoms with E-state index in [4.69, 9.17) is 0 Å². The molecule has 1 aromatic carbocycles. The average molecular weight is 340 g/mol. The third-order valence-corrected chi connectivity index (χ3v) is 4.56. The number of nitrogens with one attached hydrogen (secondary N) is 1. The molecule has 26 heavy (non-hydrogen) atoms. The van der Waals surface area contributed by atoms with Crippen LogP contribution in [0.2, 0.25) is 0 Å². The first-order valence-electron chi connectivity index (χ1n) is 8.75. The Balaban J connectivity index is 1.70. The number of hydrogen-bond acceptors (Lipinski definition) is 4. The molecule has 4 aromatic rings. The maximum atomic E-state index is 4.51. The third-order valence-electron chi connectivity index (χ3n) is 4.56. The summed E-state index contributed by atoms with van der Waals surface area (Å²) in [4.78, 5) is 13.2. The summed E-state index contributed by atoms with van der Waals surface area (Å²) in [6.07, 6.45) is 8.43. The predicted octanol–water partition coefficient (Wildman–Crippen LogP) is 5.31. The summed E-state index contributed by atoms with van der Waals surface area (Å²) in [7, 11) is 0.